The Bertz CT molecular complexity index is 932. The number of benzene rings is 2. The van der Waals surface area contributed by atoms with E-state index in [0.717, 1.165) is 29.7 Å². The highest BCUT2D eigenvalue weighted by Crippen LogP contribution is 2.43. The van der Waals surface area contributed by atoms with E-state index >= 15 is 0 Å². The predicted molar refractivity (Wildman–Crippen MR) is 123 cm³/mol. The van der Waals surface area contributed by atoms with E-state index in [1.165, 1.54) is 12.0 Å². The minimum Gasteiger partial charge on any atom is -0.469 e. The molecule has 2 saturated heterocycles. The second kappa shape index (κ2) is 10.1. The highest BCUT2D eigenvalue weighted by atomic mass is 32.2. The van der Waals surface area contributed by atoms with Crippen LogP contribution in [0.2, 0.25) is 0 Å². The topological polar surface area (TPSA) is 49.9 Å². The molecule has 0 unspecified atom stereocenters. The Labute approximate surface area is 188 Å². The standard InChI is InChI=1S/C25H28N2O3S/c1-30-23(28)15-9-8-14-22-24-21(18-31-22)26(16-19-10-4-2-5-11-19)25(29)27(24)17-20-12-6-3-7-13-20/h2-7,10-14,21,24H,8-9,15-18H2,1H3/t21-,24-/m1/s1. The van der Waals surface area contributed by atoms with Crippen LogP contribution in [0, 0.1) is 0 Å². The van der Waals surface area contributed by atoms with Crippen molar-refractivity contribution >= 4 is 23.8 Å². The molecule has 2 fully saturated rings. The van der Waals surface area contributed by atoms with Crippen molar-refractivity contribution in [2.45, 2.75) is 44.4 Å². The lowest BCUT2D eigenvalue weighted by Gasteiger charge is -2.23. The molecular formula is C25H28N2O3S. The summed E-state index contributed by atoms with van der Waals surface area (Å²) in [6.45, 7) is 1.23. The van der Waals surface area contributed by atoms with Crippen LogP contribution in [0.3, 0.4) is 0 Å². The van der Waals surface area contributed by atoms with Crippen LogP contribution in [0.25, 0.3) is 0 Å². The molecule has 2 aliphatic heterocycles. The number of rotatable bonds is 8. The Kier molecular flexibility index (Phi) is 6.97. The SMILES string of the molecule is COC(=O)CCCC=C1SC[C@@H]2[C@H]1N(Cc1ccccc1)C(=O)N2Cc1ccccc1. The lowest BCUT2D eigenvalue weighted by Crippen LogP contribution is -2.35. The molecule has 0 aromatic heterocycles. The number of carbonyl (C=O) groups is 2. The van der Waals surface area contributed by atoms with Gasteiger partial charge in [0.05, 0.1) is 19.2 Å². The fraction of sp³-hybridized carbons (Fsp3) is 0.360. The van der Waals surface area contributed by atoms with E-state index in [-0.39, 0.29) is 24.1 Å². The number of carbonyl (C=O) groups excluding carboxylic acids is 2. The molecule has 0 saturated carbocycles. The minimum absolute atomic E-state index is 0.0690. The van der Waals surface area contributed by atoms with Crippen LogP contribution >= 0.6 is 11.8 Å². The monoisotopic (exact) mass is 436 g/mol. The molecule has 31 heavy (non-hydrogen) atoms. The summed E-state index contributed by atoms with van der Waals surface area (Å²) in [5, 5.41) is 0. The van der Waals surface area contributed by atoms with E-state index in [4.69, 9.17) is 4.74 Å². The van der Waals surface area contributed by atoms with E-state index in [0.29, 0.717) is 19.5 Å². The summed E-state index contributed by atoms with van der Waals surface area (Å²) >= 11 is 1.84. The molecule has 2 aromatic carbocycles. The van der Waals surface area contributed by atoms with Gasteiger partial charge in [-0.3, -0.25) is 4.79 Å². The summed E-state index contributed by atoms with van der Waals surface area (Å²) in [6.07, 6.45) is 4.21. The van der Waals surface area contributed by atoms with Gasteiger partial charge in [0.25, 0.3) is 0 Å². The number of unbranched alkanes of at least 4 members (excludes halogenated alkanes) is 1. The third kappa shape index (κ3) is 4.96. The summed E-state index contributed by atoms with van der Waals surface area (Å²) in [6, 6.07) is 20.7. The smallest absolute Gasteiger partial charge is 0.321 e. The normalized spacial score (nSPS) is 21.6. The largest absolute Gasteiger partial charge is 0.469 e. The van der Waals surface area contributed by atoms with Crippen molar-refractivity contribution in [1.29, 1.82) is 0 Å². The molecule has 6 heteroatoms. The number of thioether (sulfide) groups is 1. The van der Waals surface area contributed by atoms with E-state index in [1.807, 2.05) is 58.0 Å². The third-order valence-electron chi connectivity index (χ3n) is 5.85. The van der Waals surface area contributed by atoms with Gasteiger partial charge in [-0.05, 0) is 24.0 Å². The molecule has 2 atom stereocenters. The zero-order chi connectivity index (χ0) is 21.6. The minimum atomic E-state index is -0.175. The van der Waals surface area contributed by atoms with Crippen LogP contribution in [-0.2, 0) is 22.6 Å². The van der Waals surface area contributed by atoms with Gasteiger partial charge in [-0.1, -0.05) is 66.7 Å². The first-order valence-electron chi connectivity index (χ1n) is 10.7. The van der Waals surface area contributed by atoms with Crippen molar-refractivity contribution in [3.8, 4) is 0 Å². The summed E-state index contributed by atoms with van der Waals surface area (Å²) < 4.78 is 4.74. The van der Waals surface area contributed by atoms with Crippen LogP contribution in [0.4, 0.5) is 4.79 Å². The van der Waals surface area contributed by atoms with Gasteiger partial charge < -0.3 is 14.5 Å². The van der Waals surface area contributed by atoms with Crippen molar-refractivity contribution < 1.29 is 14.3 Å². The molecule has 0 spiro atoms. The maximum Gasteiger partial charge on any atom is 0.321 e. The maximum absolute atomic E-state index is 13.5. The zero-order valence-electron chi connectivity index (χ0n) is 17.8. The number of ether oxygens (including phenoxy) is 1. The molecule has 162 valence electrons. The second-order valence-electron chi connectivity index (χ2n) is 7.91. The van der Waals surface area contributed by atoms with Crippen LogP contribution in [0.5, 0.6) is 0 Å². The average molecular weight is 437 g/mol. The highest BCUT2D eigenvalue weighted by Gasteiger charge is 2.50. The van der Waals surface area contributed by atoms with Crippen LogP contribution < -0.4 is 0 Å². The van der Waals surface area contributed by atoms with E-state index < -0.39 is 0 Å². The molecular weight excluding hydrogens is 408 g/mol. The number of urea groups is 1. The van der Waals surface area contributed by atoms with Crippen LogP contribution in [0.15, 0.2) is 71.6 Å². The lowest BCUT2D eigenvalue weighted by molar-refractivity contribution is -0.140. The fourth-order valence-electron chi connectivity index (χ4n) is 4.28. The van der Waals surface area contributed by atoms with Gasteiger partial charge >= 0.3 is 12.0 Å². The molecule has 2 aromatic rings. The number of allylic oxidation sites excluding steroid dienone is 1. The maximum atomic E-state index is 13.5. The first-order chi connectivity index (χ1) is 15.2. The van der Waals surface area contributed by atoms with Gasteiger partial charge in [-0.2, -0.15) is 0 Å². The molecule has 4 rings (SSSR count). The van der Waals surface area contributed by atoms with E-state index in [9.17, 15) is 9.59 Å². The van der Waals surface area contributed by atoms with Crippen molar-refractivity contribution in [1.82, 2.24) is 9.80 Å². The molecule has 2 aliphatic rings. The Hall–Kier alpha value is -2.73. The summed E-state index contributed by atoms with van der Waals surface area (Å²) in [5.74, 6) is 0.725. The van der Waals surface area contributed by atoms with Gasteiger partial charge in [0.2, 0.25) is 0 Å². The Morgan fingerprint density at radius 2 is 1.65 bits per heavy atom. The number of nitrogens with zero attached hydrogens (tertiary/aromatic N) is 2. The third-order valence-corrected chi connectivity index (χ3v) is 7.10. The Morgan fingerprint density at radius 1 is 1.03 bits per heavy atom. The number of fused-ring (bicyclic) bond motifs is 1. The van der Waals surface area contributed by atoms with Crippen molar-refractivity contribution in [2.75, 3.05) is 12.9 Å². The highest BCUT2D eigenvalue weighted by molar-refractivity contribution is 8.03. The quantitative estimate of drug-likeness (QED) is 0.338. The molecule has 2 heterocycles. The van der Waals surface area contributed by atoms with E-state index in [1.54, 1.807) is 0 Å². The van der Waals surface area contributed by atoms with Crippen molar-refractivity contribution in [2.24, 2.45) is 0 Å². The summed E-state index contributed by atoms with van der Waals surface area (Å²) in [4.78, 5) is 30.2. The second-order valence-corrected chi connectivity index (χ2v) is 9.00. The average Bonchev–Trinajstić information content (AvgIpc) is 3.32. The number of hydrogen-bond acceptors (Lipinski definition) is 4. The number of methoxy groups -OCH3 is 1. The van der Waals surface area contributed by atoms with Gasteiger partial charge in [-0.25, -0.2) is 4.79 Å². The number of hydrogen-bond donors (Lipinski definition) is 0. The van der Waals surface area contributed by atoms with Crippen molar-refractivity contribution in [3.63, 3.8) is 0 Å². The fourth-order valence-corrected chi connectivity index (χ4v) is 5.70. The number of esters is 1. The molecule has 0 N–H and O–H groups in total. The van der Waals surface area contributed by atoms with Crippen LogP contribution in [0.1, 0.15) is 30.4 Å². The first-order valence-corrected chi connectivity index (χ1v) is 11.7. The molecule has 0 radical (unpaired) electrons. The Balaban J connectivity index is 1.54. The van der Waals surface area contributed by atoms with E-state index in [2.05, 4.69) is 30.3 Å². The zero-order valence-corrected chi connectivity index (χ0v) is 18.6. The molecule has 2 amide bonds. The van der Waals surface area contributed by atoms with Crippen molar-refractivity contribution in [3.05, 3.63) is 82.8 Å². The molecule has 0 bridgehead atoms. The van der Waals surface area contributed by atoms with Gasteiger partial charge in [0.15, 0.2) is 0 Å². The predicted octanol–water partition coefficient (Wildman–Crippen LogP) is 4.84. The summed E-state index contributed by atoms with van der Waals surface area (Å²) in [5.41, 5.74) is 2.29. The van der Waals surface area contributed by atoms with Gasteiger partial charge in [0, 0.05) is 30.2 Å². The van der Waals surface area contributed by atoms with Crippen LogP contribution in [-0.4, -0.2) is 46.7 Å². The number of amides is 2. The molecule has 5 nitrogen and oxygen atoms in total. The van der Waals surface area contributed by atoms with Gasteiger partial charge in [-0.15, -0.1) is 11.8 Å². The molecule has 0 aliphatic carbocycles. The lowest BCUT2D eigenvalue weighted by atomic mass is 10.1. The summed E-state index contributed by atoms with van der Waals surface area (Å²) in [7, 11) is 1.42. The van der Waals surface area contributed by atoms with Gasteiger partial charge in [0.1, 0.15) is 0 Å². The first kappa shape index (κ1) is 21.5. The Morgan fingerprint density at radius 3 is 2.26 bits per heavy atom.